The van der Waals surface area contributed by atoms with Crippen LogP contribution >= 0.6 is 12.4 Å². The lowest BCUT2D eigenvalue weighted by Crippen LogP contribution is -2.40. The normalized spacial score (nSPS) is 11.2. The highest BCUT2D eigenvalue weighted by Gasteiger charge is 2.11. The van der Waals surface area contributed by atoms with Gasteiger partial charge in [0.2, 0.25) is 5.91 Å². The Morgan fingerprint density at radius 1 is 1.08 bits per heavy atom. The molecule has 4 nitrogen and oxygen atoms in total. The molecule has 0 aliphatic heterocycles. The molecule has 1 amide bonds. The molecule has 0 saturated heterocycles. The molecule has 130 valence electrons. The number of hydrogen-bond donors (Lipinski definition) is 2. The molecular weight excluding hydrogens is 324 g/mol. The summed E-state index contributed by atoms with van der Waals surface area (Å²) in [6.45, 7) is 3.04. The quantitative estimate of drug-likeness (QED) is 0.768. The van der Waals surface area contributed by atoms with Crippen LogP contribution in [-0.4, -0.2) is 11.9 Å². The molecule has 1 unspecified atom stereocenters. The highest BCUT2D eigenvalue weighted by atomic mass is 35.5. The van der Waals surface area contributed by atoms with Crippen molar-refractivity contribution in [2.75, 3.05) is 0 Å². The van der Waals surface area contributed by atoms with E-state index >= 15 is 0 Å². The van der Waals surface area contributed by atoms with Gasteiger partial charge in [-0.05, 0) is 29.7 Å². The lowest BCUT2D eigenvalue weighted by atomic mass is 10.1. The van der Waals surface area contributed by atoms with Crippen LogP contribution in [0, 0.1) is 0 Å². The van der Waals surface area contributed by atoms with Crippen molar-refractivity contribution in [1.29, 1.82) is 0 Å². The van der Waals surface area contributed by atoms with Crippen LogP contribution in [0.1, 0.15) is 30.9 Å². The van der Waals surface area contributed by atoms with Gasteiger partial charge in [-0.1, -0.05) is 55.8 Å². The maximum absolute atomic E-state index is 11.8. The second-order valence-electron chi connectivity index (χ2n) is 5.53. The van der Waals surface area contributed by atoms with E-state index in [1.54, 1.807) is 0 Å². The molecule has 2 aromatic carbocycles. The number of nitrogens with one attached hydrogen (secondary N) is 1. The first-order chi connectivity index (χ1) is 11.2. The van der Waals surface area contributed by atoms with Crippen LogP contribution in [-0.2, 0) is 17.9 Å². The van der Waals surface area contributed by atoms with Gasteiger partial charge in [0.15, 0.2) is 0 Å². The Balaban J connectivity index is 0.00000288. The van der Waals surface area contributed by atoms with E-state index in [0.717, 1.165) is 23.3 Å². The number of ether oxygens (including phenoxy) is 1. The number of amides is 1. The van der Waals surface area contributed by atoms with E-state index in [1.807, 2.05) is 61.5 Å². The number of rotatable bonds is 8. The Morgan fingerprint density at radius 2 is 1.75 bits per heavy atom. The molecule has 0 spiro atoms. The standard InChI is InChI=1S/C19H24N2O2.ClH/c1-2-6-18(20)19(22)21-13-15-9-11-17(12-10-15)23-14-16-7-4-3-5-8-16;/h3-5,7-12,18H,2,6,13-14,20H2,1H3,(H,21,22);1H. The molecule has 0 fully saturated rings. The molecule has 0 saturated carbocycles. The molecule has 0 aromatic heterocycles. The first kappa shape index (κ1) is 20.0. The molecule has 5 heteroatoms. The van der Waals surface area contributed by atoms with Crippen molar-refractivity contribution >= 4 is 18.3 Å². The van der Waals surface area contributed by atoms with Crippen LogP contribution in [0.15, 0.2) is 54.6 Å². The molecule has 0 heterocycles. The lowest BCUT2D eigenvalue weighted by molar-refractivity contribution is -0.122. The summed E-state index contributed by atoms with van der Waals surface area (Å²) in [5.74, 6) is 0.711. The zero-order chi connectivity index (χ0) is 16.5. The Labute approximate surface area is 149 Å². The van der Waals surface area contributed by atoms with Gasteiger partial charge in [-0.25, -0.2) is 0 Å². The number of hydrogen-bond acceptors (Lipinski definition) is 3. The topological polar surface area (TPSA) is 64.4 Å². The third kappa shape index (κ3) is 6.60. The van der Waals surface area contributed by atoms with E-state index in [2.05, 4.69) is 5.32 Å². The molecular formula is C19H25ClN2O2. The first-order valence-corrected chi connectivity index (χ1v) is 7.98. The fraction of sp³-hybridized carbons (Fsp3) is 0.316. The molecule has 2 aromatic rings. The summed E-state index contributed by atoms with van der Waals surface area (Å²) in [5.41, 5.74) is 7.93. The molecule has 1 atom stereocenters. The van der Waals surface area contributed by atoms with Gasteiger partial charge in [0, 0.05) is 6.54 Å². The smallest absolute Gasteiger partial charge is 0.237 e. The largest absolute Gasteiger partial charge is 0.489 e. The molecule has 24 heavy (non-hydrogen) atoms. The SMILES string of the molecule is CCCC(N)C(=O)NCc1ccc(OCc2ccccc2)cc1.Cl. The summed E-state index contributed by atoms with van der Waals surface area (Å²) in [4.78, 5) is 11.8. The van der Waals surface area contributed by atoms with Gasteiger partial charge in [-0.2, -0.15) is 0 Å². The molecule has 0 aliphatic rings. The summed E-state index contributed by atoms with van der Waals surface area (Å²) < 4.78 is 5.74. The van der Waals surface area contributed by atoms with Crippen molar-refractivity contribution in [2.45, 2.75) is 39.0 Å². The summed E-state index contributed by atoms with van der Waals surface area (Å²) >= 11 is 0. The predicted octanol–water partition coefficient (Wildman–Crippen LogP) is 3.43. The molecule has 3 N–H and O–H groups in total. The molecule has 2 rings (SSSR count). The van der Waals surface area contributed by atoms with Crippen molar-refractivity contribution in [2.24, 2.45) is 5.73 Å². The monoisotopic (exact) mass is 348 g/mol. The van der Waals surface area contributed by atoms with Crippen LogP contribution < -0.4 is 15.8 Å². The van der Waals surface area contributed by atoms with Crippen molar-refractivity contribution in [3.63, 3.8) is 0 Å². The average Bonchev–Trinajstić information content (AvgIpc) is 2.60. The molecule has 0 aliphatic carbocycles. The van der Waals surface area contributed by atoms with E-state index in [-0.39, 0.29) is 18.3 Å². The third-order valence-corrected chi connectivity index (χ3v) is 3.57. The van der Waals surface area contributed by atoms with Gasteiger partial charge in [-0.3, -0.25) is 4.79 Å². The van der Waals surface area contributed by atoms with Crippen molar-refractivity contribution in [1.82, 2.24) is 5.32 Å². The Bertz CT molecular complexity index is 603. The Kier molecular flexibility index (Phi) is 8.90. The maximum Gasteiger partial charge on any atom is 0.237 e. The second kappa shape index (κ2) is 10.7. The summed E-state index contributed by atoms with van der Waals surface area (Å²) in [5, 5.41) is 2.86. The minimum Gasteiger partial charge on any atom is -0.489 e. The van der Waals surface area contributed by atoms with Gasteiger partial charge >= 0.3 is 0 Å². The highest BCUT2D eigenvalue weighted by Crippen LogP contribution is 2.14. The van der Waals surface area contributed by atoms with Crippen molar-refractivity contribution in [3.05, 3.63) is 65.7 Å². The lowest BCUT2D eigenvalue weighted by Gasteiger charge is -2.11. The van der Waals surface area contributed by atoms with E-state index in [4.69, 9.17) is 10.5 Å². The second-order valence-corrected chi connectivity index (χ2v) is 5.53. The van der Waals surface area contributed by atoms with Gasteiger partial charge in [0.05, 0.1) is 6.04 Å². The van der Waals surface area contributed by atoms with Crippen molar-refractivity contribution < 1.29 is 9.53 Å². The van der Waals surface area contributed by atoms with Crippen LogP contribution in [0.5, 0.6) is 5.75 Å². The molecule has 0 radical (unpaired) electrons. The van der Waals surface area contributed by atoms with E-state index < -0.39 is 6.04 Å². The summed E-state index contributed by atoms with van der Waals surface area (Å²) in [6.07, 6.45) is 1.61. The number of carbonyl (C=O) groups excluding carboxylic acids is 1. The Morgan fingerprint density at radius 3 is 2.38 bits per heavy atom. The number of carbonyl (C=O) groups is 1. The zero-order valence-corrected chi connectivity index (χ0v) is 14.7. The predicted molar refractivity (Wildman–Crippen MR) is 99.2 cm³/mol. The third-order valence-electron chi connectivity index (χ3n) is 3.57. The summed E-state index contributed by atoms with van der Waals surface area (Å²) in [7, 11) is 0. The number of benzene rings is 2. The fourth-order valence-electron chi connectivity index (χ4n) is 2.21. The number of nitrogens with two attached hydrogens (primary N) is 1. The minimum absolute atomic E-state index is 0. The zero-order valence-electron chi connectivity index (χ0n) is 13.9. The van der Waals surface area contributed by atoms with Crippen LogP contribution in [0.25, 0.3) is 0 Å². The van der Waals surface area contributed by atoms with Gasteiger partial charge in [0.1, 0.15) is 12.4 Å². The van der Waals surface area contributed by atoms with Gasteiger partial charge < -0.3 is 15.8 Å². The molecule has 0 bridgehead atoms. The summed E-state index contributed by atoms with van der Waals surface area (Å²) in [6, 6.07) is 17.3. The van der Waals surface area contributed by atoms with E-state index in [0.29, 0.717) is 19.6 Å². The van der Waals surface area contributed by atoms with Gasteiger partial charge in [-0.15, -0.1) is 12.4 Å². The Hall–Kier alpha value is -2.04. The van der Waals surface area contributed by atoms with E-state index in [9.17, 15) is 4.79 Å². The fourth-order valence-corrected chi connectivity index (χ4v) is 2.21. The average molecular weight is 349 g/mol. The van der Waals surface area contributed by atoms with Crippen molar-refractivity contribution in [3.8, 4) is 5.75 Å². The highest BCUT2D eigenvalue weighted by molar-refractivity contribution is 5.85. The van der Waals surface area contributed by atoms with Gasteiger partial charge in [0.25, 0.3) is 0 Å². The van der Waals surface area contributed by atoms with Crippen LogP contribution in [0.2, 0.25) is 0 Å². The maximum atomic E-state index is 11.8. The minimum atomic E-state index is -0.423. The first-order valence-electron chi connectivity index (χ1n) is 7.98. The van der Waals surface area contributed by atoms with E-state index in [1.165, 1.54) is 0 Å². The number of halogens is 1. The van der Waals surface area contributed by atoms with Crippen LogP contribution in [0.3, 0.4) is 0 Å². The van der Waals surface area contributed by atoms with Crippen LogP contribution in [0.4, 0.5) is 0 Å².